The summed E-state index contributed by atoms with van der Waals surface area (Å²) in [5.41, 5.74) is 0.460. The van der Waals surface area contributed by atoms with Crippen molar-refractivity contribution in [2.75, 3.05) is 0 Å². The normalized spacial score (nSPS) is 21.0. The molecule has 10 heavy (non-hydrogen) atoms. The summed E-state index contributed by atoms with van der Waals surface area (Å²) >= 11 is 0. The molecular weight excluding hydrogens is 124 g/mol. The molecule has 0 saturated heterocycles. The first-order valence-electron chi connectivity index (χ1n) is 3.74. The van der Waals surface area contributed by atoms with Crippen LogP contribution in [0.15, 0.2) is 18.7 Å². The molecule has 1 aromatic rings. The first kappa shape index (κ1) is 5.96. The van der Waals surface area contributed by atoms with E-state index in [1.807, 2.05) is 0 Å². The Morgan fingerprint density at radius 3 is 2.60 bits per heavy atom. The van der Waals surface area contributed by atoms with E-state index in [9.17, 15) is 0 Å². The lowest BCUT2D eigenvalue weighted by atomic mass is 10.3. The van der Waals surface area contributed by atoms with Crippen LogP contribution in [0.1, 0.15) is 19.8 Å². The average molecular weight is 137 g/mol. The molecule has 1 aliphatic rings. The molecule has 0 N–H and O–H groups in total. The Morgan fingerprint density at radius 2 is 2.20 bits per heavy atom. The van der Waals surface area contributed by atoms with Crippen LogP contribution in [-0.4, -0.2) is 4.57 Å². The molecule has 2 heteroatoms. The van der Waals surface area contributed by atoms with Crippen LogP contribution < -0.4 is 4.57 Å². The Labute approximate surface area is 61.1 Å². The van der Waals surface area contributed by atoms with Gasteiger partial charge in [0.2, 0.25) is 6.33 Å². The van der Waals surface area contributed by atoms with Crippen molar-refractivity contribution in [1.29, 1.82) is 0 Å². The van der Waals surface area contributed by atoms with Gasteiger partial charge in [0.05, 0.1) is 7.05 Å². The van der Waals surface area contributed by atoms with E-state index in [1.54, 1.807) is 0 Å². The number of hydrogen-bond donors (Lipinski definition) is 0. The van der Waals surface area contributed by atoms with Gasteiger partial charge in [0.1, 0.15) is 17.9 Å². The van der Waals surface area contributed by atoms with Crippen molar-refractivity contribution in [2.24, 2.45) is 7.05 Å². The number of aryl methyl sites for hydroxylation is 1. The third kappa shape index (κ3) is 0.753. The summed E-state index contributed by atoms with van der Waals surface area (Å²) in [5.74, 6) is 0. The Bertz CT molecular complexity index is 246. The molecule has 0 aromatic carbocycles. The standard InChI is InChI=1S/C8H13N2/c1-8(3-4-8)10-6-5-9(2)7-10/h5-7H,3-4H2,1-2H3/q+1. The lowest BCUT2D eigenvalue weighted by Crippen LogP contribution is -2.25. The summed E-state index contributed by atoms with van der Waals surface area (Å²) < 4.78 is 4.39. The van der Waals surface area contributed by atoms with E-state index in [-0.39, 0.29) is 0 Å². The molecule has 0 radical (unpaired) electrons. The zero-order valence-electron chi connectivity index (χ0n) is 6.54. The molecule has 54 valence electrons. The van der Waals surface area contributed by atoms with Gasteiger partial charge in [0.15, 0.2) is 0 Å². The molecule has 0 amide bonds. The molecule has 0 aliphatic heterocycles. The summed E-state index contributed by atoms with van der Waals surface area (Å²) in [5, 5.41) is 0. The third-order valence-corrected chi connectivity index (χ3v) is 2.37. The minimum atomic E-state index is 0.460. The van der Waals surface area contributed by atoms with Crippen LogP contribution in [0.4, 0.5) is 0 Å². The van der Waals surface area contributed by atoms with E-state index < -0.39 is 0 Å². The van der Waals surface area contributed by atoms with Gasteiger partial charge < -0.3 is 0 Å². The van der Waals surface area contributed by atoms with Gasteiger partial charge in [-0.25, -0.2) is 9.13 Å². The highest BCUT2D eigenvalue weighted by atomic mass is 15.2. The van der Waals surface area contributed by atoms with Crippen LogP contribution in [0.3, 0.4) is 0 Å². The minimum Gasteiger partial charge on any atom is -0.240 e. The third-order valence-electron chi connectivity index (χ3n) is 2.37. The summed E-state index contributed by atoms with van der Waals surface area (Å²) in [4.78, 5) is 0. The van der Waals surface area contributed by atoms with E-state index in [4.69, 9.17) is 0 Å². The van der Waals surface area contributed by atoms with Gasteiger partial charge in [-0.05, 0) is 19.8 Å². The highest BCUT2D eigenvalue weighted by Gasteiger charge is 2.43. The maximum Gasteiger partial charge on any atom is 0.243 e. The summed E-state index contributed by atoms with van der Waals surface area (Å²) in [7, 11) is 2.06. The Morgan fingerprint density at radius 1 is 1.50 bits per heavy atom. The van der Waals surface area contributed by atoms with Crippen molar-refractivity contribution in [3.8, 4) is 0 Å². The molecular formula is C8H13N2+. The fourth-order valence-electron chi connectivity index (χ4n) is 1.21. The van der Waals surface area contributed by atoms with Gasteiger partial charge >= 0.3 is 0 Å². The zero-order chi connectivity index (χ0) is 7.19. The van der Waals surface area contributed by atoms with Crippen LogP contribution in [0, 0.1) is 0 Å². The maximum atomic E-state index is 2.30. The Kier molecular flexibility index (Phi) is 0.967. The van der Waals surface area contributed by atoms with Crippen molar-refractivity contribution in [3.63, 3.8) is 0 Å². The van der Waals surface area contributed by atoms with Crippen molar-refractivity contribution in [1.82, 2.24) is 4.57 Å². The van der Waals surface area contributed by atoms with Crippen LogP contribution in [0.5, 0.6) is 0 Å². The summed E-state index contributed by atoms with van der Waals surface area (Å²) in [6.45, 7) is 2.30. The van der Waals surface area contributed by atoms with Gasteiger partial charge in [-0.1, -0.05) is 0 Å². The zero-order valence-corrected chi connectivity index (χ0v) is 6.54. The predicted octanol–water partition coefficient (Wildman–Crippen LogP) is 0.822. The largest absolute Gasteiger partial charge is 0.243 e. The summed E-state index contributed by atoms with van der Waals surface area (Å²) in [6, 6.07) is 0. The highest BCUT2D eigenvalue weighted by molar-refractivity contribution is 4.96. The number of rotatable bonds is 1. The van der Waals surface area contributed by atoms with Gasteiger partial charge in [-0.3, -0.25) is 0 Å². The van der Waals surface area contributed by atoms with Crippen LogP contribution >= 0.6 is 0 Å². The average Bonchev–Trinajstić information content (AvgIpc) is 2.45. The van der Waals surface area contributed by atoms with Crippen molar-refractivity contribution in [3.05, 3.63) is 18.7 Å². The monoisotopic (exact) mass is 137 g/mol. The quantitative estimate of drug-likeness (QED) is 0.507. The van der Waals surface area contributed by atoms with Crippen LogP contribution in [0.25, 0.3) is 0 Å². The Balaban J connectivity index is 2.34. The first-order valence-corrected chi connectivity index (χ1v) is 3.74. The Hall–Kier alpha value is -0.790. The molecule has 1 fully saturated rings. The van der Waals surface area contributed by atoms with Crippen molar-refractivity contribution in [2.45, 2.75) is 25.3 Å². The van der Waals surface area contributed by atoms with Crippen molar-refractivity contribution < 1.29 is 4.57 Å². The number of aromatic nitrogens is 2. The first-order chi connectivity index (χ1) is 4.71. The van der Waals surface area contributed by atoms with Gasteiger partial charge in [0.25, 0.3) is 0 Å². The second-order valence-corrected chi connectivity index (χ2v) is 3.48. The topological polar surface area (TPSA) is 8.81 Å². The molecule has 0 bridgehead atoms. The van der Waals surface area contributed by atoms with E-state index >= 15 is 0 Å². The van der Waals surface area contributed by atoms with Crippen LogP contribution in [0.2, 0.25) is 0 Å². The van der Waals surface area contributed by atoms with Gasteiger partial charge in [0, 0.05) is 0 Å². The lowest BCUT2D eigenvalue weighted by molar-refractivity contribution is -0.671. The second kappa shape index (κ2) is 1.62. The van der Waals surface area contributed by atoms with Gasteiger partial charge in [-0.15, -0.1) is 0 Å². The fraction of sp³-hybridized carbons (Fsp3) is 0.625. The van der Waals surface area contributed by atoms with Crippen LogP contribution in [-0.2, 0) is 12.6 Å². The lowest BCUT2D eigenvalue weighted by Gasteiger charge is -2.00. The molecule has 2 rings (SSSR count). The van der Waals surface area contributed by atoms with Crippen molar-refractivity contribution >= 4 is 0 Å². The molecule has 1 saturated carbocycles. The maximum absolute atomic E-state index is 2.30. The van der Waals surface area contributed by atoms with E-state index in [0.29, 0.717) is 5.54 Å². The van der Waals surface area contributed by atoms with Gasteiger partial charge in [-0.2, -0.15) is 0 Å². The van der Waals surface area contributed by atoms with E-state index in [0.717, 1.165) is 0 Å². The minimum absolute atomic E-state index is 0.460. The molecule has 1 heterocycles. The van der Waals surface area contributed by atoms with E-state index in [2.05, 4.69) is 41.8 Å². The molecule has 1 aliphatic carbocycles. The smallest absolute Gasteiger partial charge is 0.240 e. The number of imidazole rings is 1. The van der Waals surface area contributed by atoms with E-state index in [1.165, 1.54) is 12.8 Å². The number of hydrogen-bond acceptors (Lipinski definition) is 0. The highest BCUT2D eigenvalue weighted by Crippen LogP contribution is 2.42. The number of nitrogens with zero attached hydrogens (tertiary/aromatic N) is 2. The molecule has 1 aromatic heterocycles. The fourth-order valence-corrected chi connectivity index (χ4v) is 1.21. The summed E-state index contributed by atoms with van der Waals surface area (Å²) in [6.07, 6.45) is 9.05. The SMILES string of the molecule is C[n+]1ccn(C2(C)CC2)c1. The molecule has 0 spiro atoms. The molecule has 0 atom stereocenters. The second-order valence-electron chi connectivity index (χ2n) is 3.48. The predicted molar refractivity (Wildman–Crippen MR) is 38.5 cm³/mol. The molecule has 2 nitrogen and oxygen atoms in total. The molecule has 0 unspecified atom stereocenters.